The summed E-state index contributed by atoms with van der Waals surface area (Å²) in [6, 6.07) is 3.80. The van der Waals surface area contributed by atoms with Crippen LogP contribution in [0.5, 0.6) is 0 Å². The Labute approximate surface area is 102 Å². The highest BCUT2D eigenvalue weighted by atomic mass is 79.9. The second-order valence-corrected chi connectivity index (χ2v) is 6.24. The fraction of sp³-hybridized carbons (Fsp3) is 0.222. The Hall–Kier alpha value is -0.920. The van der Waals surface area contributed by atoms with Crippen LogP contribution in [0.4, 0.5) is 0 Å². The lowest BCUT2D eigenvalue weighted by atomic mass is 10.2. The van der Waals surface area contributed by atoms with Gasteiger partial charge in [-0.1, -0.05) is 0 Å². The number of rotatable bonds is 3. The highest BCUT2D eigenvalue weighted by Crippen LogP contribution is 2.22. The molecule has 0 spiro atoms. The Kier molecular flexibility index (Phi) is 3.72. The van der Waals surface area contributed by atoms with E-state index >= 15 is 0 Å². The summed E-state index contributed by atoms with van der Waals surface area (Å²) in [6.07, 6.45) is 0. The molecule has 0 aliphatic carbocycles. The molecule has 0 bridgehead atoms. The van der Waals surface area contributed by atoms with E-state index in [4.69, 9.17) is 5.11 Å². The Balaban J connectivity index is 3.32. The van der Waals surface area contributed by atoms with E-state index < -0.39 is 16.0 Å². The van der Waals surface area contributed by atoms with Gasteiger partial charge in [0.05, 0.1) is 10.5 Å². The van der Waals surface area contributed by atoms with Gasteiger partial charge in [0, 0.05) is 18.6 Å². The molecular weight excluding hydrogens is 298 g/mol. The fourth-order valence-corrected chi connectivity index (χ4v) is 2.67. The summed E-state index contributed by atoms with van der Waals surface area (Å²) in [7, 11) is -0.709. The Morgan fingerprint density at radius 1 is 1.38 bits per heavy atom. The van der Waals surface area contributed by atoms with Gasteiger partial charge >= 0.3 is 5.97 Å². The maximum atomic E-state index is 11.7. The summed E-state index contributed by atoms with van der Waals surface area (Å²) in [5.74, 6) is -1.11. The van der Waals surface area contributed by atoms with E-state index in [1.165, 1.54) is 32.3 Å². The van der Waals surface area contributed by atoms with Crippen LogP contribution in [0.1, 0.15) is 10.4 Å². The van der Waals surface area contributed by atoms with Gasteiger partial charge in [0.1, 0.15) is 0 Å². The standard InChI is InChI=1S/C9H10BrNO4S/c1-11(2)16(14,15)6-3-4-7(9(12)13)8(10)5-6/h3-5H,1-2H3,(H,12,13). The van der Waals surface area contributed by atoms with Crippen LogP contribution in [0.2, 0.25) is 0 Å². The van der Waals surface area contributed by atoms with Crippen LogP contribution in [0.3, 0.4) is 0 Å². The highest BCUT2D eigenvalue weighted by Gasteiger charge is 2.19. The summed E-state index contributed by atoms with van der Waals surface area (Å²) < 4.78 is 24.7. The first-order valence-electron chi connectivity index (χ1n) is 4.22. The van der Waals surface area contributed by atoms with Crippen LogP contribution in [-0.2, 0) is 10.0 Å². The van der Waals surface area contributed by atoms with Crippen molar-refractivity contribution in [2.75, 3.05) is 14.1 Å². The van der Waals surface area contributed by atoms with E-state index in [2.05, 4.69) is 15.9 Å². The van der Waals surface area contributed by atoms with Gasteiger partial charge in [-0.15, -0.1) is 0 Å². The average Bonchev–Trinajstić information content (AvgIpc) is 2.16. The lowest BCUT2D eigenvalue weighted by molar-refractivity contribution is 0.0695. The normalized spacial score (nSPS) is 11.8. The molecule has 0 aliphatic heterocycles. The van der Waals surface area contributed by atoms with Gasteiger partial charge in [0.2, 0.25) is 10.0 Å². The zero-order valence-corrected chi connectivity index (χ0v) is 11.0. The lowest BCUT2D eigenvalue weighted by Crippen LogP contribution is -2.22. The number of carboxylic acids is 1. The van der Waals surface area contributed by atoms with Crippen LogP contribution in [-0.4, -0.2) is 37.9 Å². The van der Waals surface area contributed by atoms with Gasteiger partial charge in [-0.2, -0.15) is 0 Å². The van der Waals surface area contributed by atoms with Gasteiger partial charge in [0.25, 0.3) is 0 Å². The zero-order chi connectivity index (χ0) is 12.5. The van der Waals surface area contributed by atoms with Crippen LogP contribution >= 0.6 is 15.9 Å². The van der Waals surface area contributed by atoms with Gasteiger partial charge in [-0.3, -0.25) is 0 Å². The van der Waals surface area contributed by atoms with Crippen molar-refractivity contribution >= 4 is 31.9 Å². The first-order chi connectivity index (χ1) is 7.26. The number of carbonyl (C=O) groups is 1. The van der Waals surface area contributed by atoms with Crippen molar-refractivity contribution in [2.45, 2.75) is 4.90 Å². The van der Waals surface area contributed by atoms with Crippen molar-refractivity contribution in [2.24, 2.45) is 0 Å². The number of halogens is 1. The van der Waals surface area contributed by atoms with Crippen molar-refractivity contribution in [1.82, 2.24) is 4.31 Å². The largest absolute Gasteiger partial charge is 0.478 e. The van der Waals surface area contributed by atoms with E-state index in [1.54, 1.807) is 0 Å². The van der Waals surface area contributed by atoms with E-state index in [9.17, 15) is 13.2 Å². The molecule has 0 unspecified atom stereocenters. The third-order valence-corrected chi connectivity index (χ3v) is 4.42. The summed E-state index contributed by atoms with van der Waals surface area (Å²) in [5.41, 5.74) is 0.0257. The van der Waals surface area contributed by atoms with Gasteiger partial charge in [-0.05, 0) is 34.1 Å². The van der Waals surface area contributed by atoms with E-state index in [-0.39, 0.29) is 14.9 Å². The number of aromatic carboxylic acids is 1. The van der Waals surface area contributed by atoms with Crippen molar-refractivity contribution in [3.63, 3.8) is 0 Å². The molecule has 0 atom stereocenters. The Morgan fingerprint density at radius 3 is 2.31 bits per heavy atom. The van der Waals surface area contributed by atoms with Crippen molar-refractivity contribution < 1.29 is 18.3 Å². The van der Waals surface area contributed by atoms with Crippen molar-refractivity contribution in [3.8, 4) is 0 Å². The van der Waals surface area contributed by atoms with Gasteiger partial charge < -0.3 is 5.11 Å². The summed E-state index contributed by atoms with van der Waals surface area (Å²) in [5, 5.41) is 8.78. The molecule has 7 heteroatoms. The quantitative estimate of drug-likeness (QED) is 0.916. The van der Waals surface area contributed by atoms with E-state index in [1.807, 2.05) is 0 Å². The predicted octanol–water partition coefficient (Wildman–Crippen LogP) is 1.40. The van der Waals surface area contributed by atoms with E-state index in [0.717, 1.165) is 4.31 Å². The summed E-state index contributed by atoms with van der Waals surface area (Å²) in [6.45, 7) is 0. The predicted molar refractivity (Wildman–Crippen MR) is 62.0 cm³/mol. The minimum Gasteiger partial charge on any atom is -0.478 e. The maximum Gasteiger partial charge on any atom is 0.336 e. The number of nitrogens with zero attached hydrogens (tertiary/aromatic N) is 1. The van der Waals surface area contributed by atoms with Crippen LogP contribution in [0.25, 0.3) is 0 Å². The topological polar surface area (TPSA) is 74.7 Å². The zero-order valence-electron chi connectivity index (χ0n) is 8.64. The number of hydrogen-bond acceptors (Lipinski definition) is 3. The molecule has 1 aromatic carbocycles. The molecule has 0 fully saturated rings. The molecule has 0 saturated carbocycles. The third kappa shape index (κ3) is 2.42. The second kappa shape index (κ2) is 4.52. The first-order valence-corrected chi connectivity index (χ1v) is 6.45. The maximum absolute atomic E-state index is 11.7. The molecule has 88 valence electrons. The average molecular weight is 308 g/mol. The first kappa shape index (κ1) is 13.1. The smallest absolute Gasteiger partial charge is 0.336 e. The monoisotopic (exact) mass is 307 g/mol. The molecular formula is C9H10BrNO4S. The highest BCUT2D eigenvalue weighted by molar-refractivity contribution is 9.10. The molecule has 0 amide bonds. The number of sulfonamides is 1. The molecule has 0 aromatic heterocycles. The second-order valence-electron chi connectivity index (χ2n) is 3.23. The number of hydrogen-bond donors (Lipinski definition) is 1. The Morgan fingerprint density at radius 2 is 1.94 bits per heavy atom. The molecule has 1 aromatic rings. The van der Waals surface area contributed by atoms with E-state index in [0.29, 0.717) is 0 Å². The molecule has 16 heavy (non-hydrogen) atoms. The van der Waals surface area contributed by atoms with Gasteiger partial charge in [-0.25, -0.2) is 17.5 Å². The van der Waals surface area contributed by atoms with Crippen LogP contribution in [0, 0.1) is 0 Å². The fourth-order valence-electron chi connectivity index (χ4n) is 1.04. The van der Waals surface area contributed by atoms with Crippen molar-refractivity contribution in [3.05, 3.63) is 28.2 Å². The molecule has 0 aliphatic rings. The molecule has 1 N–H and O–H groups in total. The number of benzene rings is 1. The summed E-state index contributed by atoms with van der Waals surface area (Å²) in [4.78, 5) is 10.8. The SMILES string of the molecule is CN(C)S(=O)(=O)c1ccc(C(=O)O)c(Br)c1. The van der Waals surface area contributed by atoms with Crippen molar-refractivity contribution in [1.29, 1.82) is 0 Å². The van der Waals surface area contributed by atoms with Crippen LogP contribution < -0.4 is 0 Å². The van der Waals surface area contributed by atoms with Crippen LogP contribution in [0.15, 0.2) is 27.6 Å². The number of carboxylic acid groups (broad SMARTS) is 1. The molecule has 5 nitrogen and oxygen atoms in total. The lowest BCUT2D eigenvalue weighted by Gasteiger charge is -2.11. The van der Waals surface area contributed by atoms with Gasteiger partial charge in [0.15, 0.2) is 0 Å². The Bertz CT molecular complexity index is 524. The molecule has 0 radical (unpaired) electrons. The molecule has 0 saturated heterocycles. The summed E-state index contributed by atoms with van der Waals surface area (Å²) >= 11 is 3.03. The molecule has 0 heterocycles. The third-order valence-electron chi connectivity index (χ3n) is 1.95. The minimum absolute atomic E-state index is 0.0257. The molecule has 1 rings (SSSR count). The minimum atomic E-state index is -3.53.